The Bertz CT molecular complexity index is 445. The second-order valence-electron chi connectivity index (χ2n) is 5.89. The lowest BCUT2D eigenvalue weighted by Crippen LogP contribution is -2.32. The average molecular weight is 278 g/mol. The van der Waals surface area contributed by atoms with E-state index in [2.05, 4.69) is 41.6 Å². The summed E-state index contributed by atoms with van der Waals surface area (Å²) in [5.74, 6) is 1.81. The van der Waals surface area contributed by atoms with Gasteiger partial charge < -0.3 is 4.90 Å². The molecule has 1 aromatic heterocycles. The van der Waals surface area contributed by atoms with E-state index in [1.807, 2.05) is 0 Å². The molecule has 4 heteroatoms. The zero-order chi connectivity index (χ0) is 13.4. The molecule has 0 bridgehead atoms. The number of hydrogen-bond acceptors (Lipinski definition) is 3. The van der Waals surface area contributed by atoms with Gasteiger partial charge in [-0.1, -0.05) is 26.3 Å². The molecule has 4 unspecified atom stereocenters. The lowest BCUT2D eigenvalue weighted by molar-refractivity contribution is -0.130. The van der Waals surface area contributed by atoms with E-state index >= 15 is 0 Å². The number of nitrogens with zero attached hydrogens (tertiary/aromatic N) is 1. The van der Waals surface area contributed by atoms with Crippen LogP contribution in [0.3, 0.4) is 0 Å². The van der Waals surface area contributed by atoms with Gasteiger partial charge in [0.1, 0.15) is 6.17 Å². The highest BCUT2D eigenvalue weighted by atomic mass is 32.1. The maximum Gasteiger partial charge on any atom is 0.241 e. The van der Waals surface area contributed by atoms with E-state index in [-0.39, 0.29) is 12.2 Å². The molecular formula is C15H22N2OS. The molecule has 104 valence electrons. The molecule has 3 nitrogen and oxygen atoms in total. The molecule has 1 saturated carbocycles. The number of amides is 1. The lowest BCUT2D eigenvalue weighted by atomic mass is 10.1. The number of thiophene rings is 1. The Labute approximate surface area is 119 Å². The van der Waals surface area contributed by atoms with Gasteiger partial charge in [-0.25, -0.2) is 0 Å². The standard InChI is InChI=1S/C15H22N2OS/c1-3-5-12-15(18)17(9-11-8-10(11)2)14(16-12)13-6-4-7-19-13/h4,6-7,10-12,14,16H,3,5,8-9H2,1-2H3. The number of nitrogens with one attached hydrogen (secondary N) is 1. The summed E-state index contributed by atoms with van der Waals surface area (Å²) in [7, 11) is 0. The van der Waals surface area contributed by atoms with Crippen molar-refractivity contribution in [1.82, 2.24) is 10.2 Å². The summed E-state index contributed by atoms with van der Waals surface area (Å²) in [4.78, 5) is 15.9. The molecule has 1 aliphatic heterocycles. The molecule has 1 aliphatic carbocycles. The average Bonchev–Trinajstić information content (AvgIpc) is 2.83. The SMILES string of the molecule is CCCC1NC(c2cccs2)N(CC2CC2C)C1=O. The molecule has 1 N–H and O–H groups in total. The van der Waals surface area contributed by atoms with Gasteiger partial charge in [0.25, 0.3) is 0 Å². The highest BCUT2D eigenvalue weighted by Gasteiger charge is 2.43. The first-order chi connectivity index (χ1) is 9.20. The van der Waals surface area contributed by atoms with Crippen molar-refractivity contribution in [3.8, 4) is 0 Å². The van der Waals surface area contributed by atoms with Crippen LogP contribution in [0.1, 0.15) is 44.2 Å². The summed E-state index contributed by atoms with van der Waals surface area (Å²) in [5.41, 5.74) is 0. The molecule has 1 saturated heterocycles. The maximum atomic E-state index is 12.5. The first kappa shape index (κ1) is 13.1. The molecule has 1 aromatic rings. The van der Waals surface area contributed by atoms with Crippen molar-refractivity contribution in [2.24, 2.45) is 11.8 Å². The maximum absolute atomic E-state index is 12.5. The molecule has 0 radical (unpaired) electrons. The van der Waals surface area contributed by atoms with Crippen LogP contribution < -0.4 is 5.32 Å². The van der Waals surface area contributed by atoms with Crippen LogP contribution in [0.4, 0.5) is 0 Å². The smallest absolute Gasteiger partial charge is 0.241 e. The monoisotopic (exact) mass is 278 g/mol. The molecule has 19 heavy (non-hydrogen) atoms. The summed E-state index contributed by atoms with van der Waals surface area (Å²) >= 11 is 1.74. The van der Waals surface area contributed by atoms with Crippen molar-refractivity contribution in [1.29, 1.82) is 0 Å². The van der Waals surface area contributed by atoms with Gasteiger partial charge in [-0.15, -0.1) is 11.3 Å². The second kappa shape index (κ2) is 5.25. The van der Waals surface area contributed by atoms with Crippen molar-refractivity contribution in [2.45, 2.75) is 45.3 Å². The van der Waals surface area contributed by atoms with Gasteiger partial charge in [-0.2, -0.15) is 0 Å². The van der Waals surface area contributed by atoms with Gasteiger partial charge in [0, 0.05) is 11.4 Å². The highest BCUT2D eigenvalue weighted by Crippen LogP contribution is 2.41. The topological polar surface area (TPSA) is 32.3 Å². The zero-order valence-corrected chi connectivity index (χ0v) is 12.5. The van der Waals surface area contributed by atoms with Crippen molar-refractivity contribution < 1.29 is 4.79 Å². The summed E-state index contributed by atoms with van der Waals surface area (Å²) in [6, 6.07) is 4.22. The van der Waals surface area contributed by atoms with Crippen molar-refractivity contribution >= 4 is 17.2 Å². The first-order valence-corrected chi connectivity index (χ1v) is 8.18. The zero-order valence-electron chi connectivity index (χ0n) is 11.6. The van der Waals surface area contributed by atoms with Crippen LogP contribution in [0.5, 0.6) is 0 Å². The van der Waals surface area contributed by atoms with Gasteiger partial charge >= 0.3 is 0 Å². The van der Waals surface area contributed by atoms with Crippen molar-refractivity contribution in [3.05, 3.63) is 22.4 Å². The van der Waals surface area contributed by atoms with Gasteiger partial charge in [-0.3, -0.25) is 10.1 Å². The fourth-order valence-corrected chi connectivity index (χ4v) is 3.75. The van der Waals surface area contributed by atoms with E-state index in [0.29, 0.717) is 11.8 Å². The van der Waals surface area contributed by atoms with Crippen molar-refractivity contribution in [3.63, 3.8) is 0 Å². The molecule has 3 rings (SSSR count). The largest absolute Gasteiger partial charge is 0.320 e. The molecular weight excluding hydrogens is 256 g/mol. The summed E-state index contributed by atoms with van der Waals surface area (Å²) in [6.07, 6.45) is 3.38. The van der Waals surface area contributed by atoms with E-state index < -0.39 is 0 Å². The fourth-order valence-electron chi connectivity index (χ4n) is 2.96. The molecule has 0 aromatic carbocycles. The van der Waals surface area contributed by atoms with E-state index in [1.54, 1.807) is 11.3 Å². The number of rotatable bonds is 5. The summed E-state index contributed by atoms with van der Waals surface area (Å²) < 4.78 is 0. The Hall–Kier alpha value is -0.870. The molecule has 2 fully saturated rings. The van der Waals surface area contributed by atoms with Crippen molar-refractivity contribution in [2.75, 3.05) is 6.54 Å². The quantitative estimate of drug-likeness (QED) is 0.898. The van der Waals surface area contributed by atoms with Gasteiger partial charge in [0.2, 0.25) is 5.91 Å². The van der Waals surface area contributed by atoms with E-state index in [4.69, 9.17) is 0 Å². The Morgan fingerprint density at radius 1 is 1.53 bits per heavy atom. The minimum absolute atomic E-state index is 0.0196. The van der Waals surface area contributed by atoms with Crippen LogP contribution in [0, 0.1) is 11.8 Å². The van der Waals surface area contributed by atoms with Crippen LogP contribution in [0.15, 0.2) is 17.5 Å². The third-order valence-corrected chi connectivity index (χ3v) is 5.27. The van der Waals surface area contributed by atoms with Crippen LogP contribution in [0.25, 0.3) is 0 Å². The van der Waals surface area contributed by atoms with E-state index in [9.17, 15) is 4.79 Å². The number of carbonyl (C=O) groups is 1. The van der Waals surface area contributed by atoms with Crippen LogP contribution in [-0.4, -0.2) is 23.4 Å². The lowest BCUT2D eigenvalue weighted by Gasteiger charge is -2.23. The Morgan fingerprint density at radius 3 is 2.89 bits per heavy atom. The fraction of sp³-hybridized carbons (Fsp3) is 0.667. The third-order valence-electron chi connectivity index (χ3n) is 4.35. The minimum Gasteiger partial charge on any atom is -0.320 e. The van der Waals surface area contributed by atoms with Crippen LogP contribution >= 0.6 is 11.3 Å². The van der Waals surface area contributed by atoms with Gasteiger partial charge in [-0.05, 0) is 36.1 Å². The molecule has 1 amide bonds. The van der Waals surface area contributed by atoms with Gasteiger partial charge in [0.15, 0.2) is 0 Å². The highest BCUT2D eigenvalue weighted by molar-refractivity contribution is 7.10. The Kier molecular flexibility index (Phi) is 3.63. The summed E-state index contributed by atoms with van der Waals surface area (Å²) in [6.45, 7) is 5.35. The van der Waals surface area contributed by atoms with Gasteiger partial charge in [0.05, 0.1) is 6.04 Å². The van der Waals surface area contributed by atoms with Crippen LogP contribution in [0.2, 0.25) is 0 Å². The summed E-state index contributed by atoms with van der Waals surface area (Å²) in [5, 5.41) is 5.62. The number of hydrogen-bond donors (Lipinski definition) is 1. The molecule has 4 atom stereocenters. The van der Waals surface area contributed by atoms with E-state index in [0.717, 1.165) is 25.3 Å². The third kappa shape index (κ3) is 2.56. The predicted octanol–water partition coefficient (Wildman–Crippen LogP) is 3.00. The Morgan fingerprint density at radius 2 is 2.32 bits per heavy atom. The molecule has 2 aliphatic rings. The van der Waals surface area contributed by atoms with E-state index in [1.165, 1.54) is 11.3 Å². The molecule has 2 heterocycles. The minimum atomic E-state index is 0.0196. The second-order valence-corrected chi connectivity index (χ2v) is 6.87. The Balaban J connectivity index is 1.77. The normalized spacial score (nSPS) is 34.0. The van der Waals surface area contributed by atoms with Crippen LogP contribution in [-0.2, 0) is 4.79 Å². The predicted molar refractivity (Wildman–Crippen MR) is 77.9 cm³/mol. The number of carbonyl (C=O) groups excluding carboxylic acids is 1. The molecule has 0 spiro atoms. The first-order valence-electron chi connectivity index (χ1n) is 7.30.